The quantitative estimate of drug-likeness (QED) is 0.604. The van der Waals surface area contributed by atoms with Crippen LogP contribution in [-0.2, 0) is 22.5 Å². The van der Waals surface area contributed by atoms with E-state index in [1.54, 1.807) is 54.6 Å². The molecule has 0 unspecified atom stereocenters. The number of rotatable bonds is 7. The second-order valence-electron chi connectivity index (χ2n) is 6.48. The van der Waals surface area contributed by atoms with Gasteiger partial charge in [-0.3, -0.25) is 14.6 Å². The van der Waals surface area contributed by atoms with E-state index in [4.69, 9.17) is 4.74 Å². The number of carbonyl (C=O) groups excluding carboxylic acids is 1. The number of methoxy groups -OCH3 is 1. The first kappa shape index (κ1) is 19.3. The molecule has 0 aliphatic carbocycles. The van der Waals surface area contributed by atoms with Crippen LogP contribution in [0.5, 0.6) is 5.75 Å². The summed E-state index contributed by atoms with van der Waals surface area (Å²) in [6.45, 7) is 2.18. The number of hydrogen-bond acceptors (Lipinski definition) is 6. The molecule has 3 heterocycles. The Morgan fingerprint density at radius 1 is 1.32 bits per heavy atom. The molecule has 0 spiro atoms. The van der Waals surface area contributed by atoms with Gasteiger partial charge in [-0.1, -0.05) is 0 Å². The van der Waals surface area contributed by atoms with Crippen molar-refractivity contribution in [3.8, 4) is 5.75 Å². The maximum Gasteiger partial charge on any atom is 0.306 e. The van der Waals surface area contributed by atoms with E-state index in [1.807, 2.05) is 0 Å². The Hall–Kier alpha value is -3.42. The number of aromatic hydroxyl groups is 1. The van der Waals surface area contributed by atoms with Crippen LogP contribution in [-0.4, -0.2) is 37.7 Å². The zero-order valence-corrected chi connectivity index (χ0v) is 15.8. The number of nitrogens with zero attached hydrogens (tertiary/aromatic N) is 3. The summed E-state index contributed by atoms with van der Waals surface area (Å²) in [5.41, 5.74) is 2.09. The molecule has 3 rings (SSSR count). The Morgan fingerprint density at radius 3 is 2.71 bits per heavy atom. The number of pyridine rings is 2. The molecule has 0 saturated heterocycles. The van der Waals surface area contributed by atoms with Gasteiger partial charge in [-0.25, -0.2) is 4.98 Å². The fourth-order valence-electron chi connectivity index (χ4n) is 3.26. The van der Waals surface area contributed by atoms with Gasteiger partial charge in [-0.15, -0.1) is 0 Å². The SMILES string of the molecule is COC(=O)C[C@H](c1ccncc1)c1c(O)cc(C)n(CCc2cnc[nH]2)c1=O. The van der Waals surface area contributed by atoms with Crippen LogP contribution >= 0.6 is 0 Å². The number of ether oxygens (including phenoxy) is 1. The predicted molar refractivity (Wildman–Crippen MR) is 102 cm³/mol. The molecule has 0 radical (unpaired) electrons. The summed E-state index contributed by atoms with van der Waals surface area (Å²) in [6.07, 6.45) is 6.99. The van der Waals surface area contributed by atoms with Crippen molar-refractivity contribution in [2.45, 2.75) is 32.2 Å². The van der Waals surface area contributed by atoms with Crippen molar-refractivity contribution in [2.75, 3.05) is 7.11 Å². The fraction of sp³-hybridized carbons (Fsp3) is 0.300. The molecule has 28 heavy (non-hydrogen) atoms. The second kappa shape index (κ2) is 8.51. The van der Waals surface area contributed by atoms with E-state index < -0.39 is 11.9 Å². The maximum absolute atomic E-state index is 13.3. The van der Waals surface area contributed by atoms with Gasteiger partial charge in [0.25, 0.3) is 5.56 Å². The molecule has 0 aliphatic rings. The first-order valence-electron chi connectivity index (χ1n) is 8.88. The molecular weight excluding hydrogens is 360 g/mol. The molecule has 146 valence electrons. The average Bonchev–Trinajstić information content (AvgIpc) is 3.20. The molecule has 8 heteroatoms. The van der Waals surface area contributed by atoms with Crippen LogP contribution in [0.2, 0.25) is 0 Å². The largest absolute Gasteiger partial charge is 0.507 e. The molecule has 0 fully saturated rings. The smallest absolute Gasteiger partial charge is 0.306 e. The summed E-state index contributed by atoms with van der Waals surface area (Å²) < 4.78 is 6.40. The lowest BCUT2D eigenvalue weighted by Gasteiger charge is -2.20. The zero-order chi connectivity index (χ0) is 20.1. The number of H-pyrrole nitrogens is 1. The molecule has 1 atom stereocenters. The van der Waals surface area contributed by atoms with E-state index >= 15 is 0 Å². The molecular formula is C20H22N4O4. The molecule has 3 aromatic heterocycles. The van der Waals surface area contributed by atoms with E-state index in [1.165, 1.54) is 7.11 Å². The lowest BCUT2D eigenvalue weighted by molar-refractivity contribution is -0.140. The van der Waals surface area contributed by atoms with E-state index in [0.717, 1.165) is 5.69 Å². The highest BCUT2D eigenvalue weighted by atomic mass is 16.5. The number of nitrogens with one attached hydrogen (secondary N) is 1. The van der Waals surface area contributed by atoms with Crippen molar-refractivity contribution >= 4 is 5.97 Å². The maximum atomic E-state index is 13.3. The van der Waals surface area contributed by atoms with Crippen molar-refractivity contribution in [3.05, 3.63) is 76.0 Å². The third-order valence-electron chi connectivity index (χ3n) is 4.74. The number of aromatic nitrogens is 4. The van der Waals surface area contributed by atoms with E-state index in [2.05, 4.69) is 15.0 Å². The molecule has 0 amide bonds. The van der Waals surface area contributed by atoms with E-state index in [9.17, 15) is 14.7 Å². The minimum absolute atomic E-state index is 0.0626. The molecule has 0 aromatic carbocycles. The summed E-state index contributed by atoms with van der Waals surface area (Å²) in [7, 11) is 1.30. The number of imidazole rings is 1. The second-order valence-corrected chi connectivity index (χ2v) is 6.48. The van der Waals surface area contributed by atoms with Gasteiger partial charge in [0.15, 0.2) is 0 Å². The van der Waals surface area contributed by atoms with Crippen LogP contribution in [0, 0.1) is 6.92 Å². The van der Waals surface area contributed by atoms with Crippen LogP contribution in [0.4, 0.5) is 0 Å². The molecule has 3 aromatic rings. The van der Waals surface area contributed by atoms with Crippen LogP contribution < -0.4 is 5.56 Å². The van der Waals surface area contributed by atoms with Gasteiger partial charge in [0.2, 0.25) is 0 Å². The van der Waals surface area contributed by atoms with Crippen LogP contribution in [0.15, 0.2) is 47.9 Å². The van der Waals surface area contributed by atoms with Gasteiger partial charge in [-0.2, -0.15) is 0 Å². The number of aryl methyl sites for hydroxylation is 2. The van der Waals surface area contributed by atoms with Crippen molar-refractivity contribution < 1.29 is 14.6 Å². The molecule has 2 N–H and O–H groups in total. The first-order valence-corrected chi connectivity index (χ1v) is 8.88. The van der Waals surface area contributed by atoms with Crippen LogP contribution in [0.3, 0.4) is 0 Å². The Balaban J connectivity index is 2.05. The molecule has 0 aliphatic heterocycles. The highest BCUT2D eigenvalue weighted by Gasteiger charge is 2.26. The monoisotopic (exact) mass is 382 g/mol. The molecule has 0 saturated carbocycles. The summed E-state index contributed by atoms with van der Waals surface area (Å²) in [5.74, 6) is -1.24. The molecule has 0 bridgehead atoms. The van der Waals surface area contributed by atoms with Crippen molar-refractivity contribution in [1.82, 2.24) is 19.5 Å². The lowest BCUT2D eigenvalue weighted by Crippen LogP contribution is -2.29. The first-order chi connectivity index (χ1) is 13.5. The Labute approximate surface area is 161 Å². The normalized spacial score (nSPS) is 11.9. The highest BCUT2D eigenvalue weighted by Crippen LogP contribution is 2.32. The average molecular weight is 382 g/mol. The van der Waals surface area contributed by atoms with Gasteiger partial charge < -0.3 is 19.4 Å². The Bertz CT molecular complexity index is 997. The summed E-state index contributed by atoms with van der Waals surface area (Å²) in [6, 6.07) is 5.00. The Morgan fingerprint density at radius 2 is 2.07 bits per heavy atom. The number of aromatic amines is 1. The third-order valence-corrected chi connectivity index (χ3v) is 4.74. The number of carbonyl (C=O) groups is 1. The van der Waals surface area contributed by atoms with Gasteiger partial charge >= 0.3 is 5.97 Å². The van der Waals surface area contributed by atoms with Crippen molar-refractivity contribution in [3.63, 3.8) is 0 Å². The van der Waals surface area contributed by atoms with Crippen molar-refractivity contribution in [1.29, 1.82) is 0 Å². The van der Waals surface area contributed by atoms with Gasteiger partial charge in [-0.05, 0) is 30.7 Å². The number of hydrogen-bond donors (Lipinski definition) is 2. The zero-order valence-electron chi connectivity index (χ0n) is 15.8. The van der Waals surface area contributed by atoms with E-state index in [-0.39, 0.29) is 23.3 Å². The van der Waals surface area contributed by atoms with Gasteiger partial charge in [0, 0.05) is 48.9 Å². The van der Waals surface area contributed by atoms with Gasteiger partial charge in [0.1, 0.15) is 5.75 Å². The van der Waals surface area contributed by atoms with Crippen LogP contribution in [0.1, 0.15) is 34.9 Å². The fourth-order valence-corrected chi connectivity index (χ4v) is 3.26. The summed E-state index contributed by atoms with van der Waals surface area (Å²) >= 11 is 0. The highest BCUT2D eigenvalue weighted by molar-refractivity contribution is 5.71. The van der Waals surface area contributed by atoms with Crippen molar-refractivity contribution in [2.24, 2.45) is 0 Å². The predicted octanol–water partition coefficient (Wildman–Crippen LogP) is 1.92. The Kier molecular flexibility index (Phi) is 5.88. The summed E-state index contributed by atoms with van der Waals surface area (Å²) in [5, 5.41) is 10.6. The number of esters is 1. The topological polar surface area (TPSA) is 110 Å². The van der Waals surface area contributed by atoms with E-state index in [0.29, 0.717) is 24.2 Å². The summed E-state index contributed by atoms with van der Waals surface area (Å²) in [4.78, 5) is 36.2. The van der Waals surface area contributed by atoms with Gasteiger partial charge in [0.05, 0.1) is 25.4 Å². The van der Waals surface area contributed by atoms with Crippen LogP contribution in [0.25, 0.3) is 0 Å². The lowest BCUT2D eigenvalue weighted by atomic mass is 9.89. The standard InChI is InChI=1S/C20H22N4O4/c1-13-9-17(25)19(20(27)24(13)8-5-15-11-22-12-23-15)16(10-18(26)28-2)14-3-6-21-7-4-14/h3-4,6-7,9,11-12,16,25H,5,8,10H2,1-2H3,(H,22,23)/t16-/m1/s1. The molecule has 8 nitrogen and oxygen atoms in total. The minimum atomic E-state index is -0.637. The minimum Gasteiger partial charge on any atom is -0.507 e. The third kappa shape index (κ3) is 4.11.